The number of ether oxygens (including phenoxy) is 1. The maximum atomic E-state index is 11.9. The largest absolute Gasteiger partial charge is 0.378 e. The molecule has 0 atom stereocenters. The SMILES string of the molecule is CN(CCOCCN)c1nn(C)c(=O)n(C)c1=O. The van der Waals surface area contributed by atoms with Gasteiger partial charge in [-0.25, -0.2) is 9.48 Å². The second-order valence-electron chi connectivity index (χ2n) is 3.92. The smallest absolute Gasteiger partial charge is 0.346 e. The molecule has 0 spiro atoms. The number of anilines is 1. The Bertz CT molecular complexity index is 507. The summed E-state index contributed by atoms with van der Waals surface area (Å²) in [6.45, 7) is 1.89. The van der Waals surface area contributed by atoms with Crippen LogP contribution >= 0.6 is 0 Å². The summed E-state index contributed by atoms with van der Waals surface area (Å²) < 4.78 is 7.39. The van der Waals surface area contributed by atoms with E-state index in [0.29, 0.717) is 26.3 Å². The lowest BCUT2D eigenvalue weighted by Gasteiger charge is -2.18. The van der Waals surface area contributed by atoms with Gasteiger partial charge in [-0.05, 0) is 0 Å². The fourth-order valence-electron chi connectivity index (χ4n) is 1.41. The van der Waals surface area contributed by atoms with Crippen LogP contribution < -0.4 is 21.9 Å². The van der Waals surface area contributed by atoms with Gasteiger partial charge in [0.1, 0.15) is 0 Å². The Labute approximate surface area is 105 Å². The lowest BCUT2D eigenvalue weighted by Crippen LogP contribution is -2.42. The highest BCUT2D eigenvalue weighted by atomic mass is 16.5. The van der Waals surface area contributed by atoms with E-state index >= 15 is 0 Å². The van der Waals surface area contributed by atoms with E-state index in [-0.39, 0.29) is 5.82 Å². The van der Waals surface area contributed by atoms with Gasteiger partial charge in [0.05, 0.1) is 13.2 Å². The molecule has 0 amide bonds. The van der Waals surface area contributed by atoms with E-state index < -0.39 is 11.2 Å². The number of rotatable bonds is 6. The molecule has 102 valence electrons. The number of aryl methyl sites for hydroxylation is 1. The van der Waals surface area contributed by atoms with Crippen molar-refractivity contribution in [3.63, 3.8) is 0 Å². The fraction of sp³-hybridized carbons (Fsp3) is 0.700. The summed E-state index contributed by atoms with van der Waals surface area (Å²) in [5, 5.41) is 3.95. The Balaban J connectivity index is 2.83. The van der Waals surface area contributed by atoms with E-state index in [9.17, 15) is 9.59 Å². The zero-order chi connectivity index (χ0) is 13.7. The average Bonchev–Trinajstić information content (AvgIpc) is 2.36. The summed E-state index contributed by atoms with van der Waals surface area (Å²) in [5.74, 6) is 0.218. The van der Waals surface area contributed by atoms with Gasteiger partial charge in [0.15, 0.2) is 0 Å². The van der Waals surface area contributed by atoms with Gasteiger partial charge in [-0.3, -0.25) is 9.36 Å². The van der Waals surface area contributed by atoms with Crippen LogP contribution in [-0.4, -0.2) is 47.7 Å². The molecule has 1 heterocycles. The van der Waals surface area contributed by atoms with Crippen molar-refractivity contribution >= 4 is 5.82 Å². The van der Waals surface area contributed by atoms with Crippen molar-refractivity contribution in [2.75, 3.05) is 38.3 Å². The summed E-state index contributed by atoms with van der Waals surface area (Å²) in [4.78, 5) is 25.0. The molecule has 18 heavy (non-hydrogen) atoms. The lowest BCUT2D eigenvalue weighted by atomic mass is 10.5. The first kappa shape index (κ1) is 14.4. The Kier molecular flexibility index (Phi) is 5.05. The van der Waals surface area contributed by atoms with Gasteiger partial charge in [0.2, 0.25) is 5.82 Å². The Morgan fingerprint density at radius 1 is 1.33 bits per heavy atom. The Morgan fingerprint density at radius 3 is 2.61 bits per heavy atom. The third-order valence-corrected chi connectivity index (χ3v) is 2.50. The molecule has 0 saturated heterocycles. The van der Waals surface area contributed by atoms with Gasteiger partial charge in [-0.1, -0.05) is 0 Å². The van der Waals surface area contributed by atoms with Crippen LogP contribution in [0.4, 0.5) is 5.82 Å². The van der Waals surface area contributed by atoms with Crippen LogP contribution in [0.5, 0.6) is 0 Å². The minimum Gasteiger partial charge on any atom is -0.378 e. The number of hydrogen-bond donors (Lipinski definition) is 1. The van der Waals surface area contributed by atoms with Crippen molar-refractivity contribution in [1.29, 1.82) is 0 Å². The van der Waals surface area contributed by atoms with E-state index in [2.05, 4.69) is 5.10 Å². The monoisotopic (exact) mass is 257 g/mol. The minimum atomic E-state index is -0.448. The van der Waals surface area contributed by atoms with Crippen LogP contribution in [0.15, 0.2) is 9.59 Å². The normalized spacial score (nSPS) is 10.7. The van der Waals surface area contributed by atoms with Crippen LogP contribution in [0.1, 0.15) is 0 Å². The second-order valence-corrected chi connectivity index (χ2v) is 3.92. The van der Waals surface area contributed by atoms with Gasteiger partial charge in [-0.2, -0.15) is 0 Å². The maximum absolute atomic E-state index is 11.9. The van der Waals surface area contributed by atoms with Crippen molar-refractivity contribution in [1.82, 2.24) is 14.3 Å². The zero-order valence-corrected chi connectivity index (χ0v) is 10.9. The third-order valence-electron chi connectivity index (χ3n) is 2.50. The molecular weight excluding hydrogens is 238 g/mol. The molecule has 0 radical (unpaired) electrons. The highest BCUT2D eigenvalue weighted by Crippen LogP contribution is 1.97. The Hall–Kier alpha value is -1.67. The second kappa shape index (κ2) is 6.31. The molecular formula is C10H19N5O3. The van der Waals surface area contributed by atoms with Crippen molar-refractivity contribution < 1.29 is 4.74 Å². The lowest BCUT2D eigenvalue weighted by molar-refractivity contribution is 0.148. The number of aromatic nitrogens is 3. The maximum Gasteiger partial charge on any atom is 0.346 e. The molecule has 0 aromatic carbocycles. The first-order chi connectivity index (χ1) is 8.49. The highest BCUT2D eigenvalue weighted by molar-refractivity contribution is 5.32. The molecule has 0 aliphatic carbocycles. The summed E-state index contributed by atoms with van der Waals surface area (Å²) in [7, 11) is 4.65. The molecule has 0 aliphatic rings. The number of nitrogens with two attached hydrogens (primary N) is 1. The number of likely N-dealkylation sites (N-methyl/N-ethyl adjacent to an activating group) is 1. The molecule has 1 aromatic heterocycles. The van der Waals surface area contributed by atoms with Crippen molar-refractivity contribution in [3.05, 3.63) is 20.8 Å². The molecule has 0 bridgehead atoms. The van der Waals surface area contributed by atoms with Gasteiger partial charge >= 0.3 is 5.69 Å². The van der Waals surface area contributed by atoms with Crippen LogP contribution in [0, 0.1) is 0 Å². The Morgan fingerprint density at radius 2 is 2.00 bits per heavy atom. The predicted molar refractivity (Wildman–Crippen MR) is 67.9 cm³/mol. The van der Waals surface area contributed by atoms with Gasteiger partial charge in [0.25, 0.3) is 5.56 Å². The fourth-order valence-corrected chi connectivity index (χ4v) is 1.41. The molecule has 2 N–H and O–H groups in total. The van der Waals surface area contributed by atoms with E-state index in [1.165, 1.54) is 14.1 Å². The summed E-state index contributed by atoms with van der Waals surface area (Å²) in [6, 6.07) is 0. The number of nitrogens with zero attached hydrogens (tertiary/aromatic N) is 4. The molecule has 0 saturated carbocycles. The molecule has 8 heteroatoms. The van der Waals surface area contributed by atoms with E-state index in [1.807, 2.05) is 0 Å². The average molecular weight is 257 g/mol. The zero-order valence-electron chi connectivity index (χ0n) is 10.9. The molecule has 0 fully saturated rings. The third kappa shape index (κ3) is 3.17. The topological polar surface area (TPSA) is 95.4 Å². The summed E-state index contributed by atoms with van der Waals surface area (Å²) in [5.41, 5.74) is 4.43. The van der Waals surface area contributed by atoms with Crippen molar-refractivity contribution in [2.24, 2.45) is 19.8 Å². The highest BCUT2D eigenvalue weighted by Gasteiger charge is 2.12. The van der Waals surface area contributed by atoms with Crippen LogP contribution in [-0.2, 0) is 18.8 Å². The van der Waals surface area contributed by atoms with Gasteiger partial charge < -0.3 is 15.4 Å². The first-order valence-electron chi connectivity index (χ1n) is 5.62. The molecule has 1 aromatic rings. The van der Waals surface area contributed by atoms with Crippen LogP contribution in [0.3, 0.4) is 0 Å². The van der Waals surface area contributed by atoms with Crippen LogP contribution in [0.25, 0.3) is 0 Å². The number of hydrogen-bond acceptors (Lipinski definition) is 6. The summed E-state index contributed by atoms with van der Waals surface area (Å²) in [6.07, 6.45) is 0. The first-order valence-corrected chi connectivity index (χ1v) is 5.62. The molecule has 8 nitrogen and oxygen atoms in total. The van der Waals surface area contributed by atoms with Gasteiger partial charge in [0, 0.05) is 34.2 Å². The standard InChI is InChI=1S/C10H19N5O3/c1-13(5-7-18-6-4-11)8-9(16)14(2)10(17)15(3)12-8/h4-7,11H2,1-3H3. The quantitative estimate of drug-likeness (QED) is 0.586. The van der Waals surface area contributed by atoms with Crippen molar-refractivity contribution in [2.45, 2.75) is 0 Å². The predicted octanol–water partition coefficient (Wildman–Crippen LogP) is -2.11. The van der Waals surface area contributed by atoms with Crippen LogP contribution in [0.2, 0.25) is 0 Å². The van der Waals surface area contributed by atoms with E-state index in [0.717, 1.165) is 9.25 Å². The van der Waals surface area contributed by atoms with Gasteiger partial charge in [-0.15, -0.1) is 5.10 Å². The molecule has 1 rings (SSSR count). The van der Waals surface area contributed by atoms with Crippen molar-refractivity contribution in [3.8, 4) is 0 Å². The van der Waals surface area contributed by atoms with E-state index in [1.54, 1.807) is 11.9 Å². The molecule has 0 aliphatic heterocycles. The van der Waals surface area contributed by atoms with E-state index in [4.69, 9.17) is 10.5 Å². The summed E-state index contributed by atoms with van der Waals surface area (Å²) >= 11 is 0. The molecule has 0 unspecified atom stereocenters. The minimum absolute atomic E-state index is 0.218.